The van der Waals surface area contributed by atoms with Gasteiger partial charge in [0, 0.05) is 43.1 Å². The maximum atomic E-state index is 12.5. The summed E-state index contributed by atoms with van der Waals surface area (Å²) in [6.07, 6.45) is 0. The van der Waals surface area contributed by atoms with Crippen LogP contribution in [0.1, 0.15) is 28.7 Å². The summed E-state index contributed by atoms with van der Waals surface area (Å²) in [5, 5.41) is 0. The van der Waals surface area contributed by atoms with E-state index in [9.17, 15) is 4.79 Å². The minimum absolute atomic E-state index is 0.248. The minimum atomic E-state index is 0.248. The van der Waals surface area contributed by atoms with Crippen molar-refractivity contribution in [3.8, 4) is 0 Å². The van der Waals surface area contributed by atoms with Gasteiger partial charge in [-0.15, -0.1) is 0 Å². The summed E-state index contributed by atoms with van der Waals surface area (Å²) in [5.41, 5.74) is 3.10. The summed E-state index contributed by atoms with van der Waals surface area (Å²) >= 11 is 0. The third kappa shape index (κ3) is 2.81. The lowest BCUT2D eigenvalue weighted by atomic mass is 10.1. The van der Waals surface area contributed by atoms with E-state index in [1.165, 1.54) is 0 Å². The van der Waals surface area contributed by atoms with E-state index in [0.29, 0.717) is 18.5 Å². The van der Waals surface area contributed by atoms with E-state index < -0.39 is 0 Å². The van der Waals surface area contributed by atoms with Gasteiger partial charge in [0.25, 0.3) is 0 Å². The molecule has 4 nitrogen and oxygen atoms in total. The lowest BCUT2D eigenvalue weighted by molar-refractivity contribution is 0.0940. The minimum Gasteiger partial charge on any atom is -0.351 e. The maximum absolute atomic E-state index is 12.5. The second-order valence-electron chi connectivity index (χ2n) is 6.47. The topological polar surface area (TPSA) is 28.5 Å². The number of carbonyl (C=O) groups is 1. The number of hydrogen-bond donors (Lipinski definition) is 0. The number of carbonyl (C=O) groups excluding carboxylic acids is 1. The zero-order valence-corrected chi connectivity index (χ0v) is 13.6. The van der Waals surface area contributed by atoms with Crippen LogP contribution in [0.2, 0.25) is 0 Å². The van der Waals surface area contributed by atoms with Crippen molar-refractivity contribution in [2.45, 2.75) is 26.8 Å². The predicted molar refractivity (Wildman–Crippen MR) is 82.3 cm³/mol. The van der Waals surface area contributed by atoms with Gasteiger partial charge in [0.15, 0.2) is 5.78 Å². The van der Waals surface area contributed by atoms with Gasteiger partial charge in [-0.1, -0.05) is 6.92 Å². The molecule has 0 aromatic carbocycles. The molecule has 0 amide bonds. The molecule has 0 bridgehead atoms. The van der Waals surface area contributed by atoms with Gasteiger partial charge in [0.2, 0.25) is 0 Å². The van der Waals surface area contributed by atoms with Crippen molar-refractivity contribution in [3.63, 3.8) is 0 Å². The lowest BCUT2D eigenvalue weighted by Crippen LogP contribution is -2.35. The first-order valence-electron chi connectivity index (χ1n) is 7.36. The SMILES string of the molecule is Cc1cc(C(=O)CN2CC(C)C(N(C)C)C2)c(C)n1C. The number of Topliss-reactive ketones (excluding diaryl/α,β-unsaturated/α-hetero) is 1. The highest BCUT2D eigenvalue weighted by atomic mass is 16.1. The van der Waals surface area contributed by atoms with E-state index >= 15 is 0 Å². The smallest absolute Gasteiger partial charge is 0.178 e. The average Bonchev–Trinajstić information content (AvgIpc) is 2.85. The molecule has 0 saturated carbocycles. The lowest BCUT2D eigenvalue weighted by Gasteiger charge is -2.22. The Balaban J connectivity index is 2.04. The molecule has 0 spiro atoms. The molecule has 4 heteroatoms. The van der Waals surface area contributed by atoms with E-state index in [4.69, 9.17) is 0 Å². The molecule has 2 heterocycles. The summed E-state index contributed by atoms with van der Waals surface area (Å²) in [7, 11) is 6.26. The van der Waals surface area contributed by atoms with E-state index in [2.05, 4.69) is 35.4 Å². The van der Waals surface area contributed by atoms with Crippen molar-refractivity contribution in [2.24, 2.45) is 13.0 Å². The summed E-state index contributed by atoms with van der Waals surface area (Å²) in [4.78, 5) is 17.1. The fourth-order valence-corrected chi connectivity index (χ4v) is 3.28. The molecule has 1 saturated heterocycles. The van der Waals surface area contributed by atoms with Gasteiger partial charge < -0.3 is 9.47 Å². The van der Waals surface area contributed by atoms with Crippen LogP contribution in [-0.2, 0) is 7.05 Å². The van der Waals surface area contributed by atoms with Crippen molar-refractivity contribution in [1.29, 1.82) is 0 Å². The first-order chi connectivity index (χ1) is 9.31. The number of likely N-dealkylation sites (tertiary alicyclic amines) is 1. The third-order valence-corrected chi connectivity index (χ3v) is 4.75. The number of hydrogen-bond acceptors (Lipinski definition) is 3. The molecule has 0 N–H and O–H groups in total. The Morgan fingerprint density at radius 3 is 2.45 bits per heavy atom. The first-order valence-corrected chi connectivity index (χ1v) is 7.36. The molecule has 20 heavy (non-hydrogen) atoms. The Morgan fingerprint density at radius 1 is 1.35 bits per heavy atom. The second kappa shape index (κ2) is 5.70. The number of nitrogens with zero attached hydrogens (tertiary/aromatic N) is 3. The Hall–Kier alpha value is -1.13. The highest BCUT2D eigenvalue weighted by molar-refractivity contribution is 5.99. The molecule has 0 aliphatic carbocycles. The third-order valence-electron chi connectivity index (χ3n) is 4.75. The van der Waals surface area contributed by atoms with E-state index in [1.807, 2.05) is 27.0 Å². The average molecular weight is 277 g/mol. The van der Waals surface area contributed by atoms with Gasteiger partial charge >= 0.3 is 0 Å². The van der Waals surface area contributed by atoms with Crippen molar-refractivity contribution in [2.75, 3.05) is 33.7 Å². The molecular weight excluding hydrogens is 250 g/mol. The summed E-state index contributed by atoms with van der Waals surface area (Å²) in [6.45, 7) is 8.88. The van der Waals surface area contributed by atoms with Gasteiger partial charge in [-0.3, -0.25) is 9.69 Å². The van der Waals surface area contributed by atoms with Crippen LogP contribution in [0.3, 0.4) is 0 Å². The number of aryl methyl sites for hydroxylation is 1. The zero-order valence-electron chi connectivity index (χ0n) is 13.6. The first kappa shape index (κ1) is 15.3. The van der Waals surface area contributed by atoms with E-state index in [0.717, 1.165) is 30.0 Å². The molecule has 1 aromatic rings. The molecule has 0 radical (unpaired) electrons. The van der Waals surface area contributed by atoms with Crippen molar-refractivity contribution >= 4 is 5.78 Å². The van der Waals surface area contributed by atoms with Gasteiger partial charge in [-0.25, -0.2) is 0 Å². The number of ketones is 1. The molecular formula is C16H27N3O. The standard InChI is InChI=1S/C16H27N3O/c1-11-8-19(9-15(11)17(4)5)10-16(20)14-7-12(2)18(6)13(14)3/h7,11,15H,8-10H2,1-6H3. The largest absolute Gasteiger partial charge is 0.351 e. The monoisotopic (exact) mass is 277 g/mol. The normalized spacial score (nSPS) is 23.8. The van der Waals surface area contributed by atoms with Crippen LogP contribution in [0, 0.1) is 19.8 Å². The van der Waals surface area contributed by atoms with E-state index in [1.54, 1.807) is 0 Å². The number of rotatable bonds is 4. The van der Waals surface area contributed by atoms with Crippen molar-refractivity contribution in [1.82, 2.24) is 14.4 Å². The van der Waals surface area contributed by atoms with Crippen LogP contribution >= 0.6 is 0 Å². The molecule has 1 aliphatic heterocycles. The Morgan fingerprint density at radius 2 is 2.00 bits per heavy atom. The number of aromatic nitrogens is 1. The van der Waals surface area contributed by atoms with Crippen molar-refractivity contribution < 1.29 is 4.79 Å². The van der Waals surface area contributed by atoms with Gasteiger partial charge in [0.1, 0.15) is 0 Å². The number of likely N-dealkylation sites (N-methyl/N-ethyl adjacent to an activating group) is 1. The fourth-order valence-electron chi connectivity index (χ4n) is 3.28. The summed E-state index contributed by atoms with van der Waals surface area (Å²) < 4.78 is 2.09. The van der Waals surface area contributed by atoms with Crippen molar-refractivity contribution in [3.05, 3.63) is 23.0 Å². The molecule has 1 aliphatic rings. The molecule has 2 rings (SSSR count). The Labute approximate surface area is 122 Å². The van der Waals surface area contributed by atoms with Gasteiger partial charge in [-0.05, 0) is 39.9 Å². The van der Waals surface area contributed by atoms with Crippen LogP contribution in [0.15, 0.2) is 6.07 Å². The molecule has 2 atom stereocenters. The second-order valence-corrected chi connectivity index (χ2v) is 6.47. The highest BCUT2D eigenvalue weighted by Crippen LogP contribution is 2.21. The predicted octanol–water partition coefficient (Wildman–Crippen LogP) is 1.71. The van der Waals surface area contributed by atoms with Gasteiger partial charge in [0.05, 0.1) is 6.54 Å². The molecule has 1 aromatic heterocycles. The quantitative estimate of drug-likeness (QED) is 0.784. The Bertz CT molecular complexity index is 504. The fraction of sp³-hybridized carbons (Fsp3) is 0.688. The van der Waals surface area contributed by atoms with Gasteiger partial charge in [-0.2, -0.15) is 0 Å². The van der Waals surface area contributed by atoms with E-state index in [-0.39, 0.29) is 5.78 Å². The van der Waals surface area contributed by atoms with Crippen LogP contribution in [0.25, 0.3) is 0 Å². The summed E-state index contributed by atoms with van der Waals surface area (Å²) in [5.74, 6) is 0.870. The van der Waals surface area contributed by atoms with Crippen LogP contribution in [0.5, 0.6) is 0 Å². The highest BCUT2D eigenvalue weighted by Gasteiger charge is 2.32. The van der Waals surface area contributed by atoms with Crippen LogP contribution in [0.4, 0.5) is 0 Å². The molecule has 2 unspecified atom stereocenters. The summed E-state index contributed by atoms with van der Waals surface area (Å²) in [6, 6.07) is 2.57. The molecule has 1 fully saturated rings. The zero-order chi connectivity index (χ0) is 15.0. The van der Waals surface area contributed by atoms with Crippen LogP contribution < -0.4 is 0 Å². The maximum Gasteiger partial charge on any atom is 0.178 e. The Kier molecular flexibility index (Phi) is 4.35. The van der Waals surface area contributed by atoms with Crippen LogP contribution in [-0.4, -0.2) is 59.9 Å². The molecule has 112 valence electrons.